The minimum Gasteiger partial charge on any atom is -0.300 e. The van der Waals surface area contributed by atoms with Crippen molar-refractivity contribution in [3.63, 3.8) is 0 Å². The molecule has 0 saturated carbocycles. The largest absolute Gasteiger partial charge is 0.300 e. The lowest BCUT2D eigenvalue weighted by Crippen LogP contribution is -2.37. The fraction of sp³-hybridized carbons (Fsp3) is 0.533. The molecule has 1 atom stereocenters. The van der Waals surface area contributed by atoms with Gasteiger partial charge in [-0.3, -0.25) is 9.69 Å². The summed E-state index contributed by atoms with van der Waals surface area (Å²) in [6.45, 7) is 6.92. The maximum atomic E-state index is 11.4. The van der Waals surface area contributed by atoms with Crippen LogP contribution in [0.15, 0.2) is 24.3 Å². The molecule has 1 aromatic carbocycles. The number of hydrogen-bond acceptors (Lipinski definition) is 2. The van der Waals surface area contributed by atoms with Crippen molar-refractivity contribution in [2.75, 3.05) is 13.1 Å². The highest BCUT2D eigenvalue weighted by molar-refractivity contribution is 5.78. The highest BCUT2D eigenvalue weighted by atomic mass is 16.1. The zero-order valence-electron chi connectivity index (χ0n) is 10.8. The summed E-state index contributed by atoms with van der Waals surface area (Å²) in [7, 11) is 0. The Morgan fingerprint density at radius 3 is 2.88 bits per heavy atom. The third-order valence-corrected chi connectivity index (χ3v) is 3.74. The first-order valence-electron chi connectivity index (χ1n) is 6.44. The molecule has 2 rings (SSSR count). The van der Waals surface area contributed by atoms with Crippen molar-refractivity contribution in [3.05, 3.63) is 35.4 Å². The Morgan fingerprint density at radius 2 is 2.18 bits per heavy atom. The van der Waals surface area contributed by atoms with E-state index in [1.807, 2.05) is 0 Å². The van der Waals surface area contributed by atoms with E-state index in [1.165, 1.54) is 11.1 Å². The van der Waals surface area contributed by atoms with Gasteiger partial charge in [0.1, 0.15) is 5.78 Å². The summed E-state index contributed by atoms with van der Waals surface area (Å²) < 4.78 is 0. The average molecular weight is 231 g/mol. The van der Waals surface area contributed by atoms with Gasteiger partial charge in [-0.2, -0.15) is 0 Å². The van der Waals surface area contributed by atoms with E-state index in [0.29, 0.717) is 5.78 Å². The Hall–Kier alpha value is -1.15. The molecule has 2 nitrogen and oxygen atoms in total. The van der Waals surface area contributed by atoms with Crippen molar-refractivity contribution in [3.8, 4) is 0 Å². The molecule has 0 radical (unpaired) electrons. The zero-order valence-corrected chi connectivity index (χ0v) is 10.8. The molecule has 1 fully saturated rings. The summed E-state index contributed by atoms with van der Waals surface area (Å²) in [4.78, 5) is 13.9. The standard InChI is InChI=1S/C15H21NO/c1-12-6-3-4-7-14(12)10-16-9-5-8-15(11-16)13(2)17/h3-4,6-7,15H,5,8-11H2,1-2H3. The summed E-state index contributed by atoms with van der Waals surface area (Å²) in [5, 5.41) is 0. The lowest BCUT2D eigenvalue weighted by molar-refractivity contribution is -0.122. The van der Waals surface area contributed by atoms with Gasteiger partial charge in [-0.05, 0) is 44.4 Å². The van der Waals surface area contributed by atoms with Crippen LogP contribution in [0.4, 0.5) is 0 Å². The second-order valence-corrected chi connectivity index (χ2v) is 5.11. The lowest BCUT2D eigenvalue weighted by Gasteiger charge is -2.31. The Bertz CT molecular complexity index is 400. The van der Waals surface area contributed by atoms with Gasteiger partial charge in [-0.15, -0.1) is 0 Å². The molecule has 0 aliphatic carbocycles. The van der Waals surface area contributed by atoms with Gasteiger partial charge < -0.3 is 0 Å². The van der Waals surface area contributed by atoms with Crippen LogP contribution in [0.1, 0.15) is 30.9 Å². The molecule has 2 heteroatoms. The molecular formula is C15H21NO. The number of carbonyl (C=O) groups is 1. The summed E-state index contributed by atoms with van der Waals surface area (Å²) in [6, 6.07) is 8.51. The van der Waals surface area contributed by atoms with E-state index in [4.69, 9.17) is 0 Å². The molecule has 1 aliphatic rings. The minimum atomic E-state index is 0.257. The SMILES string of the molecule is CC(=O)C1CCCN(Cc2ccccc2C)C1. The number of Topliss-reactive ketones (excluding diaryl/α,β-unsaturated/α-hetero) is 1. The van der Waals surface area contributed by atoms with Crippen molar-refractivity contribution >= 4 is 5.78 Å². The second-order valence-electron chi connectivity index (χ2n) is 5.11. The third kappa shape index (κ3) is 3.16. The van der Waals surface area contributed by atoms with E-state index in [2.05, 4.69) is 36.1 Å². The number of piperidine rings is 1. The quantitative estimate of drug-likeness (QED) is 0.797. The van der Waals surface area contributed by atoms with E-state index in [9.17, 15) is 4.79 Å². The molecule has 92 valence electrons. The van der Waals surface area contributed by atoms with E-state index in [-0.39, 0.29) is 5.92 Å². The molecule has 0 spiro atoms. The maximum Gasteiger partial charge on any atom is 0.134 e. The topological polar surface area (TPSA) is 20.3 Å². The molecule has 1 unspecified atom stereocenters. The van der Waals surface area contributed by atoms with Crippen molar-refractivity contribution < 1.29 is 4.79 Å². The number of likely N-dealkylation sites (tertiary alicyclic amines) is 1. The highest BCUT2D eigenvalue weighted by Crippen LogP contribution is 2.20. The van der Waals surface area contributed by atoms with Crippen molar-refractivity contribution in [1.82, 2.24) is 4.90 Å². The Balaban J connectivity index is 1.99. The smallest absolute Gasteiger partial charge is 0.134 e. The van der Waals surface area contributed by atoms with E-state index in [1.54, 1.807) is 6.92 Å². The molecule has 0 bridgehead atoms. The molecule has 0 amide bonds. The van der Waals surface area contributed by atoms with Crippen LogP contribution in [0.3, 0.4) is 0 Å². The van der Waals surface area contributed by atoms with Crippen LogP contribution >= 0.6 is 0 Å². The molecule has 0 N–H and O–H groups in total. The van der Waals surface area contributed by atoms with Crippen molar-refractivity contribution in [1.29, 1.82) is 0 Å². The summed E-state index contributed by atoms with van der Waals surface area (Å²) in [5.74, 6) is 0.604. The highest BCUT2D eigenvalue weighted by Gasteiger charge is 2.23. The molecular weight excluding hydrogens is 210 g/mol. The summed E-state index contributed by atoms with van der Waals surface area (Å²) in [5.41, 5.74) is 2.73. The van der Waals surface area contributed by atoms with Gasteiger partial charge >= 0.3 is 0 Å². The van der Waals surface area contributed by atoms with Crippen LogP contribution in [0.5, 0.6) is 0 Å². The predicted octanol–water partition coefficient (Wildman–Crippen LogP) is 2.80. The van der Waals surface area contributed by atoms with E-state index < -0.39 is 0 Å². The van der Waals surface area contributed by atoms with Crippen LogP contribution in [-0.2, 0) is 11.3 Å². The Kier molecular flexibility index (Phi) is 3.95. The molecule has 1 heterocycles. The minimum absolute atomic E-state index is 0.257. The van der Waals surface area contributed by atoms with Crippen molar-refractivity contribution in [2.45, 2.75) is 33.2 Å². The first kappa shape index (κ1) is 12.3. The predicted molar refractivity (Wildman–Crippen MR) is 69.9 cm³/mol. The number of nitrogens with zero attached hydrogens (tertiary/aromatic N) is 1. The Morgan fingerprint density at radius 1 is 1.41 bits per heavy atom. The van der Waals surface area contributed by atoms with Crippen LogP contribution < -0.4 is 0 Å². The molecule has 0 aromatic heterocycles. The number of hydrogen-bond donors (Lipinski definition) is 0. The lowest BCUT2D eigenvalue weighted by atomic mass is 9.94. The number of aryl methyl sites for hydroxylation is 1. The van der Waals surface area contributed by atoms with Gasteiger partial charge in [-0.1, -0.05) is 24.3 Å². The monoisotopic (exact) mass is 231 g/mol. The first-order valence-corrected chi connectivity index (χ1v) is 6.44. The van der Waals surface area contributed by atoms with Gasteiger partial charge in [0.05, 0.1) is 0 Å². The van der Waals surface area contributed by atoms with Crippen LogP contribution in [0, 0.1) is 12.8 Å². The number of benzene rings is 1. The number of carbonyl (C=O) groups excluding carboxylic acids is 1. The summed E-state index contributed by atoms with van der Waals surface area (Å²) >= 11 is 0. The fourth-order valence-corrected chi connectivity index (χ4v) is 2.56. The number of ketones is 1. The van der Waals surface area contributed by atoms with E-state index in [0.717, 1.165) is 32.5 Å². The van der Waals surface area contributed by atoms with Crippen LogP contribution in [0.25, 0.3) is 0 Å². The maximum absolute atomic E-state index is 11.4. The van der Waals surface area contributed by atoms with Gasteiger partial charge in [0, 0.05) is 19.0 Å². The van der Waals surface area contributed by atoms with Crippen LogP contribution in [-0.4, -0.2) is 23.8 Å². The van der Waals surface area contributed by atoms with Gasteiger partial charge in [-0.25, -0.2) is 0 Å². The zero-order chi connectivity index (χ0) is 12.3. The molecule has 17 heavy (non-hydrogen) atoms. The average Bonchev–Trinajstić information content (AvgIpc) is 2.32. The summed E-state index contributed by atoms with van der Waals surface area (Å²) in [6.07, 6.45) is 2.22. The van der Waals surface area contributed by atoms with Gasteiger partial charge in [0.25, 0.3) is 0 Å². The number of rotatable bonds is 3. The Labute approximate surface area is 104 Å². The second kappa shape index (κ2) is 5.46. The van der Waals surface area contributed by atoms with Gasteiger partial charge in [0.15, 0.2) is 0 Å². The third-order valence-electron chi connectivity index (χ3n) is 3.74. The molecule has 1 saturated heterocycles. The molecule has 1 aromatic rings. The van der Waals surface area contributed by atoms with Gasteiger partial charge in [0.2, 0.25) is 0 Å². The fourth-order valence-electron chi connectivity index (χ4n) is 2.56. The van der Waals surface area contributed by atoms with Crippen molar-refractivity contribution in [2.24, 2.45) is 5.92 Å². The van der Waals surface area contributed by atoms with Crippen LogP contribution in [0.2, 0.25) is 0 Å². The normalized spacial score (nSPS) is 21.4. The van der Waals surface area contributed by atoms with E-state index >= 15 is 0 Å². The molecule has 1 aliphatic heterocycles. The first-order chi connectivity index (χ1) is 8.16.